The molecule has 2 bridgehead atoms. The summed E-state index contributed by atoms with van der Waals surface area (Å²) in [5, 5.41) is 0.279. The summed E-state index contributed by atoms with van der Waals surface area (Å²) in [6.45, 7) is 1.86. The maximum Gasteiger partial charge on any atom is 0.232 e. The van der Waals surface area contributed by atoms with Crippen LogP contribution in [-0.4, -0.2) is 41.5 Å². The highest BCUT2D eigenvalue weighted by atomic mass is 35.5. The largest absolute Gasteiger partial charge is 0.352 e. The van der Waals surface area contributed by atoms with Crippen molar-refractivity contribution in [3.8, 4) is 0 Å². The Morgan fingerprint density at radius 2 is 2.04 bits per heavy atom. The average Bonchev–Trinajstić information content (AvgIpc) is 3.29. The minimum atomic E-state index is -0.514. The van der Waals surface area contributed by atoms with Crippen molar-refractivity contribution in [3.05, 3.63) is 59.0 Å². The van der Waals surface area contributed by atoms with Gasteiger partial charge in [-0.25, -0.2) is 9.37 Å². The van der Waals surface area contributed by atoms with E-state index in [1.165, 1.54) is 18.7 Å². The van der Waals surface area contributed by atoms with E-state index in [0.29, 0.717) is 31.5 Å². The number of carbonyl (C=O) groups is 1. The van der Waals surface area contributed by atoms with Gasteiger partial charge in [0.1, 0.15) is 0 Å². The molecule has 1 aromatic heterocycles. The van der Waals surface area contributed by atoms with Crippen LogP contribution in [0.2, 0.25) is 5.02 Å². The lowest BCUT2D eigenvalue weighted by Crippen LogP contribution is -2.66. The highest BCUT2D eigenvalue weighted by Crippen LogP contribution is 2.44. The van der Waals surface area contributed by atoms with Crippen LogP contribution in [0.1, 0.15) is 24.8 Å². The lowest BCUT2D eigenvalue weighted by atomic mass is 9.73. The van der Waals surface area contributed by atoms with E-state index in [0.717, 1.165) is 24.9 Å². The third-order valence-corrected chi connectivity index (χ3v) is 6.79. The lowest BCUT2D eigenvalue weighted by Gasteiger charge is -2.51. The van der Waals surface area contributed by atoms with Crippen LogP contribution in [0.15, 0.2) is 42.6 Å². The number of hydrogen-bond acceptors (Lipinski definition) is 3. The number of rotatable bonds is 4. The first-order valence-electron chi connectivity index (χ1n) is 9.95. The summed E-state index contributed by atoms with van der Waals surface area (Å²) in [4.78, 5) is 21.8. The number of halogens is 2. The first-order chi connectivity index (χ1) is 13.5. The molecular weight excluding hydrogens is 377 g/mol. The first kappa shape index (κ1) is 17.9. The molecule has 146 valence electrons. The number of likely N-dealkylation sites (tertiary alicyclic amines) is 1. The van der Waals surface area contributed by atoms with Crippen LogP contribution in [0.25, 0.3) is 0 Å². The van der Waals surface area contributed by atoms with Gasteiger partial charge < -0.3 is 9.80 Å². The van der Waals surface area contributed by atoms with Gasteiger partial charge in [-0.15, -0.1) is 0 Å². The van der Waals surface area contributed by atoms with Crippen molar-refractivity contribution in [1.82, 2.24) is 9.88 Å². The van der Waals surface area contributed by atoms with E-state index >= 15 is 0 Å². The molecule has 1 saturated carbocycles. The number of pyridine rings is 1. The fourth-order valence-corrected chi connectivity index (χ4v) is 5.41. The number of anilines is 1. The molecule has 3 aliphatic rings. The van der Waals surface area contributed by atoms with Gasteiger partial charge in [-0.3, -0.25) is 4.79 Å². The van der Waals surface area contributed by atoms with Crippen molar-refractivity contribution in [2.75, 3.05) is 24.5 Å². The Hall–Kier alpha value is -2.14. The highest BCUT2D eigenvalue weighted by Gasteiger charge is 2.54. The zero-order valence-corrected chi connectivity index (χ0v) is 16.4. The van der Waals surface area contributed by atoms with E-state index < -0.39 is 11.2 Å². The number of fused-ring (bicyclic) bond motifs is 2. The SMILES string of the molecule is O=C(N1C[C@H]2CC[C@H]1C2)C1(Cc2ccccc2)CN(c2ncc(Cl)cc2F)C1. The minimum absolute atomic E-state index is 0.231. The predicted molar refractivity (Wildman–Crippen MR) is 107 cm³/mol. The Kier molecular flexibility index (Phi) is 4.31. The Morgan fingerprint density at radius 3 is 2.68 bits per heavy atom. The third-order valence-electron chi connectivity index (χ3n) is 6.58. The number of aromatic nitrogens is 1. The highest BCUT2D eigenvalue weighted by molar-refractivity contribution is 6.30. The standard InChI is InChI=1S/C22H23ClFN3O/c23-17-9-19(24)20(25-11-17)26-13-22(14-26,10-15-4-2-1-3-5-15)21(28)27-12-16-6-7-18(27)8-16/h1-5,9,11,16,18H,6-8,10,12-14H2/t16-,18-/m0/s1. The van der Waals surface area contributed by atoms with Gasteiger partial charge in [-0.1, -0.05) is 41.9 Å². The van der Waals surface area contributed by atoms with Crippen molar-refractivity contribution in [2.45, 2.75) is 31.7 Å². The summed E-state index contributed by atoms with van der Waals surface area (Å²) in [6.07, 6.45) is 5.63. The molecule has 0 radical (unpaired) electrons. The zero-order valence-electron chi connectivity index (χ0n) is 15.7. The molecule has 3 fully saturated rings. The second-order valence-electron chi connectivity index (χ2n) is 8.55. The summed E-state index contributed by atoms with van der Waals surface area (Å²) < 4.78 is 14.3. The molecule has 4 nitrogen and oxygen atoms in total. The molecule has 2 aromatic rings. The molecule has 0 unspecified atom stereocenters. The zero-order chi connectivity index (χ0) is 19.3. The molecule has 1 aliphatic carbocycles. The Labute approximate surface area is 169 Å². The van der Waals surface area contributed by atoms with E-state index in [9.17, 15) is 9.18 Å². The van der Waals surface area contributed by atoms with Gasteiger partial charge in [0, 0.05) is 31.9 Å². The van der Waals surface area contributed by atoms with E-state index in [4.69, 9.17) is 11.6 Å². The molecule has 0 N–H and O–H groups in total. The summed E-state index contributed by atoms with van der Waals surface area (Å²) in [6, 6.07) is 11.8. The van der Waals surface area contributed by atoms with Crippen LogP contribution in [0, 0.1) is 17.2 Å². The summed E-state index contributed by atoms with van der Waals surface area (Å²) in [5.74, 6) is 0.737. The molecule has 2 atom stereocenters. The van der Waals surface area contributed by atoms with Crippen LogP contribution in [0.4, 0.5) is 10.2 Å². The molecule has 2 aliphatic heterocycles. The van der Waals surface area contributed by atoms with Gasteiger partial charge in [-0.2, -0.15) is 0 Å². The monoisotopic (exact) mass is 399 g/mol. The maximum absolute atomic E-state index is 14.3. The van der Waals surface area contributed by atoms with Crippen LogP contribution in [0.3, 0.4) is 0 Å². The third kappa shape index (κ3) is 2.96. The van der Waals surface area contributed by atoms with Crippen molar-refractivity contribution < 1.29 is 9.18 Å². The second kappa shape index (κ2) is 6.73. The van der Waals surface area contributed by atoms with E-state index in [1.54, 1.807) is 0 Å². The van der Waals surface area contributed by atoms with E-state index in [-0.39, 0.29) is 16.7 Å². The van der Waals surface area contributed by atoms with Gasteiger partial charge in [0.2, 0.25) is 5.91 Å². The van der Waals surface area contributed by atoms with Gasteiger partial charge >= 0.3 is 0 Å². The molecule has 2 saturated heterocycles. The van der Waals surface area contributed by atoms with Crippen LogP contribution >= 0.6 is 11.6 Å². The fraction of sp³-hybridized carbons (Fsp3) is 0.455. The Balaban J connectivity index is 1.41. The summed E-state index contributed by atoms with van der Waals surface area (Å²) >= 11 is 5.84. The Bertz CT molecular complexity index is 900. The van der Waals surface area contributed by atoms with Crippen molar-refractivity contribution in [2.24, 2.45) is 11.3 Å². The second-order valence-corrected chi connectivity index (χ2v) is 8.98. The summed E-state index contributed by atoms with van der Waals surface area (Å²) in [5.41, 5.74) is 0.629. The minimum Gasteiger partial charge on any atom is -0.352 e. The molecule has 28 heavy (non-hydrogen) atoms. The maximum atomic E-state index is 14.3. The number of carbonyl (C=O) groups excluding carboxylic acids is 1. The van der Waals surface area contributed by atoms with Crippen molar-refractivity contribution in [1.29, 1.82) is 0 Å². The van der Waals surface area contributed by atoms with Crippen LogP contribution in [-0.2, 0) is 11.2 Å². The number of amides is 1. The Morgan fingerprint density at radius 1 is 1.25 bits per heavy atom. The normalized spacial score (nSPS) is 25.1. The molecule has 0 spiro atoms. The van der Waals surface area contributed by atoms with Crippen LogP contribution < -0.4 is 4.90 Å². The molecule has 3 heterocycles. The lowest BCUT2D eigenvalue weighted by molar-refractivity contribution is -0.145. The number of nitrogens with zero attached hydrogens (tertiary/aromatic N) is 3. The predicted octanol–water partition coefficient (Wildman–Crippen LogP) is 3.93. The van der Waals surface area contributed by atoms with Gasteiger partial charge in [0.25, 0.3) is 0 Å². The van der Waals surface area contributed by atoms with Crippen molar-refractivity contribution >= 4 is 23.3 Å². The molecule has 6 heteroatoms. The van der Waals surface area contributed by atoms with Crippen LogP contribution in [0.5, 0.6) is 0 Å². The average molecular weight is 400 g/mol. The smallest absolute Gasteiger partial charge is 0.232 e. The van der Waals surface area contributed by atoms with Gasteiger partial charge in [0.15, 0.2) is 11.6 Å². The first-order valence-corrected chi connectivity index (χ1v) is 10.3. The molecular formula is C22H23ClFN3O. The van der Waals surface area contributed by atoms with E-state index in [2.05, 4.69) is 22.0 Å². The number of piperidine rings is 1. The van der Waals surface area contributed by atoms with Gasteiger partial charge in [0.05, 0.1) is 10.4 Å². The van der Waals surface area contributed by atoms with Crippen molar-refractivity contribution in [3.63, 3.8) is 0 Å². The fourth-order valence-electron chi connectivity index (χ4n) is 5.26. The number of benzene rings is 1. The van der Waals surface area contributed by atoms with E-state index in [1.807, 2.05) is 23.1 Å². The molecule has 1 aromatic carbocycles. The van der Waals surface area contributed by atoms with Gasteiger partial charge in [-0.05, 0) is 43.2 Å². The quantitative estimate of drug-likeness (QED) is 0.781. The summed E-state index contributed by atoms with van der Waals surface area (Å²) in [7, 11) is 0. The molecule has 5 rings (SSSR count). The molecule has 1 amide bonds. The topological polar surface area (TPSA) is 36.4 Å². The number of hydrogen-bond donors (Lipinski definition) is 0.